The van der Waals surface area contributed by atoms with Gasteiger partial charge in [-0.3, -0.25) is 9.55 Å². The summed E-state index contributed by atoms with van der Waals surface area (Å²) in [7, 11) is 0. The van der Waals surface area contributed by atoms with Gasteiger partial charge in [0.2, 0.25) is 0 Å². The molecule has 9 aromatic rings. The summed E-state index contributed by atoms with van der Waals surface area (Å²) in [5.74, 6) is 0.0524. The number of nitrogens with zero attached hydrogens (tertiary/aromatic N) is 3. The van der Waals surface area contributed by atoms with E-state index in [1.54, 1.807) is 6.07 Å². The van der Waals surface area contributed by atoms with Gasteiger partial charge in [-0.15, -0.1) is 0 Å². The minimum atomic E-state index is -2.55. The van der Waals surface area contributed by atoms with Crippen molar-refractivity contribution in [1.29, 1.82) is 0 Å². The van der Waals surface area contributed by atoms with Gasteiger partial charge in [0.25, 0.3) is 0 Å². The molecule has 0 unspecified atom stereocenters. The molecule has 4 heteroatoms. The number of para-hydroxylation sites is 1. The second kappa shape index (κ2) is 18.8. The minimum Gasteiger partial charge on any atom is -0.507 e. The van der Waals surface area contributed by atoms with Crippen molar-refractivity contribution in [2.24, 2.45) is 0 Å². The van der Waals surface area contributed by atoms with Gasteiger partial charge in [0.15, 0.2) is 0 Å². The SMILES string of the molecule is [2H]C([2H])([2H])c1cc(-c2cc(C(C)C)cc(C([2H])(C)C)c2)ccc1-n1c(-c2cc(C(C)C)cc(C(C)C)c2O)nc2c(-c3cc(-c4cc(-c5ccc(-c6ccccc6)cc5)ccn4)cc(C(C)(C)C)c3)cccc21. The van der Waals surface area contributed by atoms with E-state index in [1.807, 2.05) is 67.1 Å². The predicted molar refractivity (Wildman–Crippen MR) is 293 cm³/mol. The monoisotopic (exact) mass is 910 g/mol. The minimum absolute atomic E-state index is 0.00238. The molecule has 0 aliphatic rings. The number of aryl methyl sites for hydroxylation is 1. The van der Waals surface area contributed by atoms with Crippen LogP contribution in [0, 0.1) is 6.85 Å². The number of aromatic nitrogens is 3. The molecule has 0 radical (unpaired) electrons. The Kier molecular flexibility index (Phi) is 11.5. The summed E-state index contributed by atoms with van der Waals surface area (Å²) < 4.78 is 38.3. The number of fused-ring (bicyclic) bond motifs is 1. The maximum absolute atomic E-state index is 12.4. The number of hydrogen-bond donors (Lipinski definition) is 1. The molecule has 0 saturated heterocycles. The highest BCUT2D eigenvalue weighted by molar-refractivity contribution is 5.97. The molecule has 348 valence electrons. The number of rotatable bonds is 11. The van der Waals surface area contributed by atoms with Gasteiger partial charge in [-0.05, 0) is 157 Å². The maximum atomic E-state index is 12.4. The average molecular weight is 910 g/mol. The molecule has 1 N–H and O–H groups in total. The Morgan fingerprint density at radius 1 is 0.536 bits per heavy atom. The molecule has 0 saturated carbocycles. The van der Waals surface area contributed by atoms with Crippen molar-refractivity contribution in [3.05, 3.63) is 191 Å². The molecule has 0 spiro atoms. The van der Waals surface area contributed by atoms with Crippen LogP contribution in [-0.2, 0) is 5.41 Å². The summed E-state index contributed by atoms with van der Waals surface area (Å²) in [6.07, 6.45) is 1.88. The molecular weight excluding hydrogens is 839 g/mol. The van der Waals surface area contributed by atoms with E-state index in [1.165, 1.54) is 5.56 Å². The van der Waals surface area contributed by atoms with Gasteiger partial charge in [0.1, 0.15) is 11.6 Å². The van der Waals surface area contributed by atoms with Crippen LogP contribution >= 0.6 is 0 Å². The third kappa shape index (κ3) is 9.42. The Bertz CT molecular complexity index is 3500. The number of aromatic hydroxyl groups is 1. The number of pyridine rings is 1. The van der Waals surface area contributed by atoms with E-state index in [4.69, 9.17) is 15.5 Å². The van der Waals surface area contributed by atoms with E-state index >= 15 is 0 Å². The van der Waals surface area contributed by atoms with Crippen LogP contribution < -0.4 is 0 Å². The lowest BCUT2D eigenvalue weighted by Gasteiger charge is -2.22. The number of phenolic OH excluding ortho intramolecular Hbond substituents is 1. The van der Waals surface area contributed by atoms with Gasteiger partial charge < -0.3 is 5.11 Å². The molecule has 69 heavy (non-hydrogen) atoms. The van der Waals surface area contributed by atoms with E-state index < -0.39 is 12.7 Å². The molecule has 4 nitrogen and oxygen atoms in total. The van der Waals surface area contributed by atoms with Crippen molar-refractivity contribution in [1.82, 2.24) is 14.5 Å². The van der Waals surface area contributed by atoms with Crippen LogP contribution in [0.25, 0.3) is 83.9 Å². The predicted octanol–water partition coefficient (Wildman–Crippen LogP) is 18.2. The highest BCUT2D eigenvalue weighted by atomic mass is 16.3. The number of hydrogen-bond acceptors (Lipinski definition) is 3. The van der Waals surface area contributed by atoms with Crippen LogP contribution in [0.2, 0.25) is 0 Å². The Hall–Kier alpha value is -7.04. The third-order valence-electron chi connectivity index (χ3n) is 13.6. The molecule has 0 aliphatic heterocycles. The standard InChI is InChI=1S/C65H67N3O/c1-39(2)49-30-50(40(3)4)32-52(31-49)47-25-26-60(43(9)29-47)68-61-20-16-19-56(62(61)67-64(68)58-37-51(41(5)6)36-57(42(7)8)63(58)69)53-33-54(35-55(34-53)65(10,11)12)59-38-48(27-28-66-59)46-23-21-45(22-24-46)44-17-14-13-15-18-44/h13-42,69H,1-12H3/i9D3,39D. The van der Waals surface area contributed by atoms with Gasteiger partial charge in [0, 0.05) is 22.8 Å². The Morgan fingerprint density at radius 2 is 1.17 bits per heavy atom. The van der Waals surface area contributed by atoms with Crippen LogP contribution in [-0.4, -0.2) is 19.6 Å². The normalized spacial score (nSPS) is 13.2. The molecule has 0 atom stereocenters. The zero-order valence-electron chi connectivity index (χ0n) is 46.0. The molecule has 9 rings (SSSR count). The molecule has 7 aromatic carbocycles. The van der Waals surface area contributed by atoms with Crippen molar-refractivity contribution in [3.8, 4) is 78.6 Å². The van der Waals surface area contributed by atoms with Gasteiger partial charge in [0.05, 0.1) is 28.0 Å². The second-order valence-corrected chi connectivity index (χ2v) is 20.9. The topological polar surface area (TPSA) is 50.9 Å². The van der Waals surface area contributed by atoms with E-state index in [9.17, 15) is 5.11 Å². The third-order valence-corrected chi connectivity index (χ3v) is 13.6. The molecule has 0 bridgehead atoms. The molecule has 0 aliphatic carbocycles. The molecular formula is C65H67N3O. The van der Waals surface area contributed by atoms with Crippen LogP contribution in [0.5, 0.6) is 5.75 Å². The average Bonchev–Trinajstić information content (AvgIpc) is 3.75. The Balaban J connectivity index is 1.28. The summed E-state index contributed by atoms with van der Waals surface area (Å²) in [4.78, 5) is 10.5. The number of imidazole rings is 1. The van der Waals surface area contributed by atoms with Gasteiger partial charge >= 0.3 is 0 Å². The van der Waals surface area contributed by atoms with E-state index in [0.717, 1.165) is 78.0 Å². The smallest absolute Gasteiger partial charge is 0.149 e. The fraction of sp³-hybridized carbons (Fsp3) is 0.262. The van der Waals surface area contributed by atoms with Crippen LogP contribution in [0.3, 0.4) is 0 Å². The number of benzene rings is 7. The van der Waals surface area contributed by atoms with Crippen LogP contribution in [0.15, 0.2) is 158 Å². The summed E-state index contributed by atoms with van der Waals surface area (Å²) in [5.41, 5.74) is 16.9. The van der Waals surface area contributed by atoms with Crippen molar-refractivity contribution < 1.29 is 10.6 Å². The molecule has 0 fully saturated rings. The molecule has 2 heterocycles. The van der Waals surface area contributed by atoms with Gasteiger partial charge in [-0.25, -0.2) is 4.98 Å². The Morgan fingerprint density at radius 3 is 1.84 bits per heavy atom. The Labute approximate surface area is 416 Å². The number of phenols is 1. The summed E-state index contributed by atoms with van der Waals surface area (Å²) in [6.45, 7) is 20.5. The lowest BCUT2D eigenvalue weighted by molar-refractivity contribution is 0.466. The first-order valence-electron chi connectivity index (χ1n) is 26.4. The van der Waals surface area contributed by atoms with Crippen LogP contribution in [0.1, 0.15) is 139 Å². The molecule has 0 amide bonds. The van der Waals surface area contributed by atoms with Crippen molar-refractivity contribution in [2.75, 3.05) is 0 Å². The zero-order chi connectivity index (χ0) is 52.3. The quantitative estimate of drug-likeness (QED) is 0.141. The molecule has 2 aromatic heterocycles. The van der Waals surface area contributed by atoms with Gasteiger partial charge in [-0.2, -0.15) is 0 Å². The maximum Gasteiger partial charge on any atom is 0.149 e. The zero-order valence-corrected chi connectivity index (χ0v) is 42.0. The highest BCUT2D eigenvalue weighted by Gasteiger charge is 2.25. The van der Waals surface area contributed by atoms with Crippen molar-refractivity contribution in [3.63, 3.8) is 0 Å². The van der Waals surface area contributed by atoms with Crippen LogP contribution in [0.4, 0.5) is 0 Å². The summed E-state index contributed by atoms with van der Waals surface area (Å²) in [5, 5.41) is 12.4. The first-order valence-corrected chi connectivity index (χ1v) is 24.4. The fourth-order valence-electron chi connectivity index (χ4n) is 9.35. The fourth-order valence-corrected chi connectivity index (χ4v) is 9.35. The first kappa shape index (κ1) is 42.1. The van der Waals surface area contributed by atoms with E-state index in [2.05, 4.69) is 165 Å². The summed E-state index contributed by atoms with van der Waals surface area (Å²) >= 11 is 0. The lowest BCUT2D eigenvalue weighted by Crippen LogP contribution is -2.11. The van der Waals surface area contributed by atoms with E-state index in [0.29, 0.717) is 28.1 Å². The first-order chi connectivity index (χ1) is 34.5. The summed E-state index contributed by atoms with van der Waals surface area (Å²) in [6, 6.07) is 51.9. The van der Waals surface area contributed by atoms with Gasteiger partial charge in [-0.1, -0.05) is 179 Å². The largest absolute Gasteiger partial charge is 0.507 e. The van der Waals surface area contributed by atoms with E-state index in [-0.39, 0.29) is 34.5 Å². The van der Waals surface area contributed by atoms with Crippen molar-refractivity contribution >= 4 is 11.0 Å². The lowest BCUT2D eigenvalue weighted by atomic mass is 9.83. The highest BCUT2D eigenvalue weighted by Crippen LogP contribution is 2.44. The van der Waals surface area contributed by atoms with Crippen molar-refractivity contribution in [2.45, 2.75) is 112 Å². The second-order valence-electron chi connectivity index (χ2n) is 20.9.